The lowest BCUT2D eigenvalue weighted by molar-refractivity contribution is -0.157. The van der Waals surface area contributed by atoms with Gasteiger partial charge >= 0.3 is 12.1 Å². The fourth-order valence-corrected chi connectivity index (χ4v) is 6.26. The Morgan fingerprint density at radius 3 is 2.44 bits per heavy atom. The van der Waals surface area contributed by atoms with Crippen LogP contribution in [0.2, 0.25) is 4.34 Å². The average molecular weight is 635 g/mol. The van der Waals surface area contributed by atoms with Crippen LogP contribution in [-0.4, -0.2) is 91.3 Å². The van der Waals surface area contributed by atoms with Gasteiger partial charge in [0.2, 0.25) is 0 Å². The van der Waals surface area contributed by atoms with Gasteiger partial charge in [0.15, 0.2) is 5.66 Å². The van der Waals surface area contributed by atoms with Crippen LogP contribution >= 0.6 is 22.9 Å². The second-order valence-corrected chi connectivity index (χ2v) is 12.3. The number of hydrogen-bond donors (Lipinski definition) is 2. The van der Waals surface area contributed by atoms with Gasteiger partial charge in [0, 0.05) is 30.3 Å². The molecule has 3 amide bonds. The van der Waals surface area contributed by atoms with Gasteiger partial charge in [0.05, 0.1) is 28.9 Å². The van der Waals surface area contributed by atoms with E-state index in [9.17, 15) is 29.1 Å². The van der Waals surface area contributed by atoms with E-state index in [0.29, 0.717) is 48.1 Å². The smallest absolute Gasteiger partial charge is 0.414 e. The van der Waals surface area contributed by atoms with Gasteiger partial charge in [-0.15, -0.1) is 11.3 Å². The van der Waals surface area contributed by atoms with E-state index in [-0.39, 0.29) is 37.0 Å². The molecule has 0 unspecified atom stereocenters. The van der Waals surface area contributed by atoms with Crippen molar-refractivity contribution in [1.29, 1.82) is 0 Å². The zero-order valence-corrected chi connectivity index (χ0v) is 25.6. The summed E-state index contributed by atoms with van der Waals surface area (Å²) in [5.74, 6) is -2.58. The lowest BCUT2D eigenvalue weighted by Gasteiger charge is -2.44. The number of amides is 3. The quantitative estimate of drug-likeness (QED) is 0.181. The zero-order valence-electron chi connectivity index (χ0n) is 24.0. The van der Waals surface area contributed by atoms with Crippen LogP contribution in [0.3, 0.4) is 0 Å². The Labute approximate surface area is 258 Å². The Balaban J connectivity index is 1.58. The van der Waals surface area contributed by atoms with Crippen LogP contribution < -0.4 is 15.1 Å². The fourth-order valence-electron chi connectivity index (χ4n) is 5.26. The molecule has 0 spiro atoms. The molecule has 1 aromatic carbocycles. The Morgan fingerprint density at radius 1 is 1.16 bits per heavy atom. The third kappa shape index (κ3) is 7.18. The van der Waals surface area contributed by atoms with Gasteiger partial charge in [-0.25, -0.2) is 9.59 Å². The third-order valence-corrected chi connectivity index (χ3v) is 8.70. The number of carbonyl (C=O) groups excluding carboxylic acids is 4. The van der Waals surface area contributed by atoms with Gasteiger partial charge in [-0.2, -0.15) is 0 Å². The second-order valence-electron chi connectivity index (χ2n) is 10.6. The van der Waals surface area contributed by atoms with Crippen LogP contribution in [-0.2, 0) is 23.9 Å². The Kier molecular flexibility index (Phi) is 10.8. The van der Waals surface area contributed by atoms with E-state index in [4.69, 9.17) is 21.1 Å². The number of carboxylic acids is 1. The number of benzene rings is 1. The van der Waals surface area contributed by atoms with E-state index in [2.05, 4.69) is 5.32 Å². The van der Waals surface area contributed by atoms with Crippen molar-refractivity contribution in [3.05, 3.63) is 45.6 Å². The fraction of sp³-hybridized carbons (Fsp3) is 0.483. The summed E-state index contributed by atoms with van der Waals surface area (Å²) >= 11 is 7.14. The number of nitrogens with one attached hydrogen (secondary N) is 1. The molecule has 4 rings (SSSR count). The molecule has 0 aliphatic carbocycles. The van der Waals surface area contributed by atoms with E-state index in [0.717, 1.165) is 17.6 Å². The lowest BCUT2D eigenvalue weighted by atomic mass is 9.92. The van der Waals surface area contributed by atoms with Crippen molar-refractivity contribution in [3.63, 3.8) is 0 Å². The van der Waals surface area contributed by atoms with Gasteiger partial charge in [-0.05, 0) is 55.8 Å². The van der Waals surface area contributed by atoms with Gasteiger partial charge in [-0.3, -0.25) is 19.8 Å². The molecule has 2 aliphatic heterocycles. The number of cyclic esters (lactones) is 1. The molecule has 2 atom stereocenters. The summed E-state index contributed by atoms with van der Waals surface area (Å²) in [5, 5.41) is 13.7. The minimum Gasteiger partial charge on any atom is -0.478 e. The van der Waals surface area contributed by atoms with Crippen molar-refractivity contribution in [1.82, 2.24) is 10.2 Å². The molecular weight excluding hydrogens is 600 g/mol. The third-order valence-electron chi connectivity index (χ3n) is 7.48. The molecule has 0 saturated carbocycles. The summed E-state index contributed by atoms with van der Waals surface area (Å²) in [4.78, 5) is 67.3. The predicted octanol–water partition coefficient (Wildman–Crippen LogP) is 3.63. The number of aldehydes is 1. The molecule has 232 valence electrons. The molecule has 0 bridgehead atoms. The normalized spacial score (nSPS) is 18.5. The van der Waals surface area contributed by atoms with Crippen molar-refractivity contribution < 1.29 is 38.6 Å². The van der Waals surface area contributed by atoms with E-state index in [1.807, 2.05) is 0 Å². The van der Waals surface area contributed by atoms with E-state index >= 15 is 0 Å². The van der Waals surface area contributed by atoms with Crippen LogP contribution in [0.25, 0.3) is 0 Å². The molecule has 2 N–H and O–H groups in total. The average Bonchev–Trinajstić information content (AvgIpc) is 3.58. The maximum Gasteiger partial charge on any atom is 0.414 e. The molecule has 2 fully saturated rings. The minimum atomic E-state index is -1.85. The summed E-state index contributed by atoms with van der Waals surface area (Å²) in [6.07, 6.45) is 0.745. The minimum absolute atomic E-state index is 0.0105. The van der Waals surface area contributed by atoms with Crippen molar-refractivity contribution in [2.24, 2.45) is 5.92 Å². The predicted molar refractivity (Wildman–Crippen MR) is 161 cm³/mol. The molecule has 0 radical (unpaired) electrons. The largest absolute Gasteiger partial charge is 0.478 e. The maximum absolute atomic E-state index is 13.9. The Morgan fingerprint density at radius 2 is 1.86 bits per heavy atom. The standard InChI is InChI=1S/C29H35ClN4O8S/c1-19(2)29(27(38)39,31-12-4-3-5-14-35)34(26(37)23-10-11-24(30)43-23)17-22-16-33(28(40)42-22)21-8-6-20(7-9-21)32-13-15-41-18-25(32)36/h6-11,14,19,22,31H,3-5,12-13,15-18H2,1-2H3,(H,38,39)/t22-,29-/m1/s1. The van der Waals surface area contributed by atoms with Gasteiger partial charge in [0.1, 0.15) is 19.0 Å². The van der Waals surface area contributed by atoms with Gasteiger partial charge in [-0.1, -0.05) is 25.4 Å². The number of aliphatic carboxylic acids is 1. The number of nitrogens with zero attached hydrogens (tertiary/aromatic N) is 3. The van der Waals surface area contributed by atoms with E-state index in [1.54, 1.807) is 49.1 Å². The molecular formula is C29H35ClN4O8S. The lowest BCUT2D eigenvalue weighted by Crippen LogP contribution is -2.70. The number of morpholine rings is 1. The Hall–Kier alpha value is -3.52. The molecule has 2 aliphatic rings. The number of halogens is 1. The number of ether oxygens (including phenoxy) is 2. The summed E-state index contributed by atoms with van der Waals surface area (Å²) < 4.78 is 11.2. The van der Waals surface area contributed by atoms with E-state index in [1.165, 1.54) is 15.9 Å². The molecule has 1 aromatic heterocycles. The highest BCUT2D eigenvalue weighted by molar-refractivity contribution is 7.18. The number of hydrogen-bond acceptors (Lipinski definition) is 9. The first-order chi connectivity index (χ1) is 20.6. The number of carboxylic acid groups (broad SMARTS) is 1. The number of unbranched alkanes of at least 4 members (excludes halogenated alkanes) is 2. The van der Waals surface area contributed by atoms with Crippen LogP contribution in [0.4, 0.5) is 16.2 Å². The summed E-state index contributed by atoms with van der Waals surface area (Å²) in [6, 6.07) is 9.97. The Bertz CT molecular complexity index is 1340. The summed E-state index contributed by atoms with van der Waals surface area (Å²) in [5.41, 5.74) is -0.641. The van der Waals surface area contributed by atoms with Gasteiger partial charge < -0.3 is 29.2 Å². The highest BCUT2D eigenvalue weighted by Gasteiger charge is 2.51. The van der Waals surface area contributed by atoms with Crippen molar-refractivity contribution in [2.45, 2.75) is 44.9 Å². The van der Waals surface area contributed by atoms with Crippen LogP contribution in [0.5, 0.6) is 0 Å². The number of thiophene rings is 1. The second kappa shape index (κ2) is 14.3. The zero-order chi connectivity index (χ0) is 31.1. The number of rotatable bonds is 14. The van der Waals surface area contributed by atoms with E-state index < -0.39 is 35.7 Å². The molecule has 43 heavy (non-hydrogen) atoms. The van der Waals surface area contributed by atoms with Gasteiger partial charge in [0.25, 0.3) is 11.8 Å². The molecule has 2 saturated heterocycles. The molecule has 12 nitrogen and oxygen atoms in total. The van der Waals surface area contributed by atoms with Crippen LogP contribution in [0, 0.1) is 5.92 Å². The van der Waals surface area contributed by atoms with Crippen molar-refractivity contribution >= 4 is 64.5 Å². The first kappa shape index (κ1) is 32.4. The topological polar surface area (TPSA) is 146 Å². The first-order valence-corrected chi connectivity index (χ1v) is 15.2. The number of anilines is 2. The molecule has 3 heterocycles. The first-order valence-electron chi connectivity index (χ1n) is 14.0. The SMILES string of the molecule is CC(C)[C@](NCCCCC=O)(C(=O)O)N(C[C@H]1CN(c2ccc(N3CCOCC3=O)cc2)C(=O)O1)C(=O)c1ccc(Cl)s1. The highest BCUT2D eigenvalue weighted by atomic mass is 35.5. The maximum atomic E-state index is 13.9. The summed E-state index contributed by atoms with van der Waals surface area (Å²) in [7, 11) is 0. The highest BCUT2D eigenvalue weighted by Crippen LogP contribution is 2.32. The van der Waals surface area contributed by atoms with Crippen molar-refractivity contribution in [2.75, 3.05) is 49.2 Å². The molecule has 14 heteroatoms. The van der Waals surface area contributed by atoms with Crippen molar-refractivity contribution in [3.8, 4) is 0 Å². The van der Waals surface area contributed by atoms with Crippen LogP contribution in [0.1, 0.15) is 42.8 Å². The number of carbonyl (C=O) groups is 5. The monoisotopic (exact) mass is 634 g/mol. The molecule has 2 aromatic rings. The summed E-state index contributed by atoms with van der Waals surface area (Å²) in [6.45, 7) is 4.36. The van der Waals surface area contributed by atoms with Crippen LogP contribution in [0.15, 0.2) is 36.4 Å².